The van der Waals surface area contributed by atoms with E-state index in [1.165, 1.54) is 0 Å². The Labute approximate surface area is 99.9 Å². The highest BCUT2D eigenvalue weighted by molar-refractivity contribution is 5.79. The van der Waals surface area contributed by atoms with Crippen molar-refractivity contribution in [2.75, 3.05) is 19.9 Å². The van der Waals surface area contributed by atoms with E-state index < -0.39 is 0 Å². The second-order valence-corrected chi connectivity index (χ2v) is 3.95. The Morgan fingerprint density at radius 1 is 1.41 bits per heavy atom. The van der Waals surface area contributed by atoms with Crippen LogP contribution < -0.4 is 20.5 Å². The third kappa shape index (κ3) is 2.68. The Balaban J connectivity index is 2.08. The maximum atomic E-state index is 11.6. The van der Waals surface area contributed by atoms with Crippen molar-refractivity contribution in [1.82, 2.24) is 5.32 Å². The number of fused-ring (bicyclic) bond motifs is 1. The van der Waals surface area contributed by atoms with Crippen molar-refractivity contribution >= 4 is 5.91 Å². The van der Waals surface area contributed by atoms with Gasteiger partial charge in [0.25, 0.3) is 0 Å². The summed E-state index contributed by atoms with van der Waals surface area (Å²) in [7, 11) is 0. The van der Waals surface area contributed by atoms with Gasteiger partial charge in [-0.25, -0.2) is 0 Å². The standard InChI is InChI=1S/C12H16N2O3/c1-8-4-10-11(17-7-16-10)5-9(8)6-12(15)14-3-2-13/h4-5H,2-3,6-7,13H2,1H3,(H,14,15). The number of ether oxygens (including phenoxy) is 2. The molecule has 0 atom stereocenters. The van der Waals surface area contributed by atoms with E-state index in [-0.39, 0.29) is 12.7 Å². The smallest absolute Gasteiger partial charge is 0.231 e. The zero-order valence-electron chi connectivity index (χ0n) is 9.79. The number of nitrogens with one attached hydrogen (secondary N) is 1. The van der Waals surface area contributed by atoms with Crippen molar-refractivity contribution in [3.63, 3.8) is 0 Å². The van der Waals surface area contributed by atoms with Gasteiger partial charge in [0.05, 0.1) is 6.42 Å². The summed E-state index contributed by atoms with van der Waals surface area (Å²) in [5, 5.41) is 2.74. The summed E-state index contributed by atoms with van der Waals surface area (Å²) >= 11 is 0. The molecule has 0 saturated heterocycles. The zero-order chi connectivity index (χ0) is 12.3. The predicted octanol–water partition coefficient (Wildman–Crippen LogP) is 0.341. The molecule has 0 aliphatic carbocycles. The van der Waals surface area contributed by atoms with Crippen LogP contribution in [0.3, 0.4) is 0 Å². The normalized spacial score (nSPS) is 12.6. The summed E-state index contributed by atoms with van der Waals surface area (Å²) < 4.78 is 10.5. The van der Waals surface area contributed by atoms with Crippen LogP contribution in [0.15, 0.2) is 12.1 Å². The molecule has 1 aromatic rings. The second kappa shape index (κ2) is 5.05. The minimum Gasteiger partial charge on any atom is -0.454 e. The topological polar surface area (TPSA) is 73.6 Å². The van der Waals surface area contributed by atoms with E-state index in [9.17, 15) is 4.79 Å². The van der Waals surface area contributed by atoms with Crippen molar-refractivity contribution in [1.29, 1.82) is 0 Å². The number of carbonyl (C=O) groups excluding carboxylic acids is 1. The fourth-order valence-electron chi connectivity index (χ4n) is 1.72. The van der Waals surface area contributed by atoms with Gasteiger partial charge in [0, 0.05) is 13.1 Å². The van der Waals surface area contributed by atoms with E-state index in [0.717, 1.165) is 16.9 Å². The van der Waals surface area contributed by atoms with Crippen molar-refractivity contribution in [2.45, 2.75) is 13.3 Å². The van der Waals surface area contributed by atoms with Crippen LogP contribution in [0.2, 0.25) is 0 Å². The van der Waals surface area contributed by atoms with Gasteiger partial charge in [-0.05, 0) is 30.2 Å². The van der Waals surface area contributed by atoms with Gasteiger partial charge in [0.2, 0.25) is 12.7 Å². The van der Waals surface area contributed by atoms with Gasteiger partial charge in [-0.15, -0.1) is 0 Å². The van der Waals surface area contributed by atoms with Gasteiger partial charge >= 0.3 is 0 Å². The molecule has 5 heteroatoms. The molecular formula is C12H16N2O3. The van der Waals surface area contributed by atoms with Crippen LogP contribution in [0.1, 0.15) is 11.1 Å². The van der Waals surface area contributed by atoms with Crippen molar-refractivity contribution in [2.24, 2.45) is 5.73 Å². The minimum absolute atomic E-state index is 0.0302. The molecule has 0 saturated carbocycles. The summed E-state index contributed by atoms with van der Waals surface area (Å²) in [6, 6.07) is 3.76. The molecule has 17 heavy (non-hydrogen) atoms. The first kappa shape index (κ1) is 11.7. The van der Waals surface area contributed by atoms with Crippen LogP contribution in [0.4, 0.5) is 0 Å². The number of hydrogen-bond donors (Lipinski definition) is 2. The third-order valence-electron chi connectivity index (χ3n) is 2.65. The third-order valence-corrected chi connectivity index (χ3v) is 2.65. The maximum Gasteiger partial charge on any atom is 0.231 e. The average molecular weight is 236 g/mol. The molecule has 0 aromatic heterocycles. The Morgan fingerprint density at radius 3 is 2.82 bits per heavy atom. The van der Waals surface area contributed by atoms with Crippen LogP contribution in [-0.2, 0) is 11.2 Å². The Bertz CT molecular complexity index is 432. The molecule has 5 nitrogen and oxygen atoms in total. The first-order chi connectivity index (χ1) is 8.20. The van der Waals surface area contributed by atoms with E-state index in [4.69, 9.17) is 15.2 Å². The van der Waals surface area contributed by atoms with Gasteiger partial charge in [-0.3, -0.25) is 4.79 Å². The summed E-state index contributed by atoms with van der Waals surface area (Å²) in [5.41, 5.74) is 7.30. The highest BCUT2D eigenvalue weighted by Gasteiger charge is 2.16. The summed E-state index contributed by atoms with van der Waals surface area (Å²) in [6.07, 6.45) is 0.336. The second-order valence-electron chi connectivity index (χ2n) is 3.95. The number of hydrogen-bond acceptors (Lipinski definition) is 4. The van der Waals surface area contributed by atoms with E-state index >= 15 is 0 Å². The molecule has 1 aromatic carbocycles. The van der Waals surface area contributed by atoms with Gasteiger partial charge in [0.15, 0.2) is 11.5 Å². The molecule has 1 aliphatic rings. The molecule has 2 rings (SSSR count). The Hall–Kier alpha value is -1.75. The lowest BCUT2D eigenvalue weighted by atomic mass is 10.0. The van der Waals surface area contributed by atoms with E-state index in [2.05, 4.69) is 5.32 Å². The highest BCUT2D eigenvalue weighted by atomic mass is 16.7. The van der Waals surface area contributed by atoms with Crippen LogP contribution in [0, 0.1) is 6.92 Å². The van der Waals surface area contributed by atoms with Crippen LogP contribution in [0.25, 0.3) is 0 Å². The van der Waals surface area contributed by atoms with Gasteiger partial charge in [-0.2, -0.15) is 0 Å². The predicted molar refractivity (Wildman–Crippen MR) is 63.1 cm³/mol. The lowest BCUT2D eigenvalue weighted by Crippen LogP contribution is -2.30. The number of amides is 1. The van der Waals surface area contributed by atoms with E-state index in [1.807, 2.05) is 19.1 Å². The maximum absolute atomic E-state index is 11.6. The first-order valence-electron chi connectivity index (χ1n) is 5.56. The van der Waals surface area contributed by atoms with Crippen molar-refractivity contribution in [3.05, 3.63) is 23.3 Å². The fraction of sp³-hybridized carbons (Fsp3) is 0.417. The molecule has 92 valence electrons. The Morgan fingerprint density at radius 2 is 2.12 bits per heavy atom. The number of aryl methyl sites for hydroxylation is 1. The molecular weight excluding hydrogens is 220 g/mol. The lowest BCUT2D eigenvalue weighted by molar-refractivity contribution is -0.120. The van der Waals surface area contributed by atoms with Gasteiger partial charge in [0.1, 0.15) is 0 Å². The number of carbonyl (C=O) groups is 1. The van der Waals surface area contributed by atoms with Crippen LogP contribution in [-0.4, -0.2) is 25.8 Å². The number of rotatable bonds is 4. The monoisotopic (exact) mass is 236 g/mol. The molecule has 0 radical (unpaired) electrons. The molecule has 0 spiro atoms. The summed E-state index contributed by atoms with van der Waals surface area (Å²) in [5.74, 6) is 1.42. The van der Waals surface area contributed by atoms with Crippen molar-refractivity contribution < 1.29 is 14.3 Å². The molecule has 1 aliphatic heterocycles. The molecule has 3 N–H and O–H groups in total. The molecule has 1 amide bonds. The van der Waals surface area contributed by atoms with Crippen LogP contribution in [0.5, 0.6) is 11.5 Å². The van der Waals surface area contributed by atoms with Crippen molar-refractivity contribution in [3.8, 4) is 11.5 Å². The Kier molecular flexibility index (Phi) is 3.49. The minimum atomic E-state index is -0.0302. The van der Waals surface area contributed by atoms with Crippen LogP contribution >= 0.6 is 0 Å². The van der Waals surface area contributed by atoms with E-state index in [1.54, 1.807) is 0 Å². The SMILES string of the molecule is Cc1cc2c(cc1CC(=O)NCCN)OCO2. The fourth-order valence-corrected chi connectivity index (χ4v) is 1.72. The molecule has 0 fully saturated rings. The van der Waals surface area contributed by atoms with E-state index in [0.29, 0.717) is 25.3 Å². The highest BCUT2D eigenvalue weighted by Crippen LogP contribution is 2.34. The lowest BCUT2D eigenvalue weighted by Gasteiger charge is -2.08. The molecule has 0 bridgehead atoms. The summed E-state index contributed by atoms with van der Waals surface area (Å²) in [6.45, 7) is 3.15. The average Bonchev–Trinajstić information content (AvgIpc) is 2.74. The van der Waals surface area contributed by atoms with Gasteiger partial charge in [-0.1, -0.05) is 0 Å². The summed E-state index contributed by atoms with van der Waals surface area (Å²) in [4.78, 5) is 11.6. The number of nitrogens with two attached hydrogens (primary N) is 1. The molecule has 0 unspecified atom stereocenters. The largest absolute Gasteiger partial charge is 0.454 e. The quantitative estimate of drug-likeness (QED) is 0.790. The molecule has 1 heterocycles. The zero-order valence-corrected chi connectivity index (χ0v) is 9.79. The first-order valence-corrected chi connectivity index (χ1v) is 5.56. The van der Waals surface area contributed by atoms with Gasteiger partial charge < -0.3 is 20.5 Å². The number of benzene rings is 1.